The molecule has 3 rings (SSSR count). The highest BCUT2D eigenvalue weighted by molar-refractivity contribution is 9.10. The second kappa shape index (κ2) is 11.0. The Kier molecular flexibility index (Phi) is 8.41. The van der Waals surface area contributed by atoms with Gasteiger partial charge in [0.15, 0.2) is 0 Å². The molecule has 0 bridgehead atoms. The third kappa shape index (κ3) is 7.17. The van der Waals surface area contributed by atoms with E-state index in [1.807, 2.05) is 24.3 Å². The zero-order valence-corrected chi connectivity index (χ0v) is 19.0. The van der Waals surface area contributed by atoms with Crippen LogP contribution in [0.5, 0.6) is 0 Å². The van der Waals surface area contributed by atoms with Crippen molar-refractivity contribution in [3.8, 4) is 0 Å². The summed E-state index contributed by atoms with van der Waals surface area (Å²) in [5.41, 5.74) is 1.91. The number of carbonyl (C=O) groups is 1. The molecule has 162 valence electrons. The molecule has 0 spiro atoms. The van der Waals surface area contributed by atoms with Crippen molar-refractivity contribution in [2.75, 3.05) is 44.7 Å². The Morgan fingerprint density at radius 2 is 1.70 bits per heavy atom. The van der Waals surface area contributed by atoms with Crippen molar-refractivity contribution in [2.24, 2.45) is 0 Å². The maximum atomic E-state index is 12.2. The highest BCUT2D eigenvalue weighted by Gasteiger charge is 2.14. The molecule has 0 aliphatic carbocycles. The third-order valence-electron chi connectivity index (χ3n) is 4.83. The van der Waals surface area contributed by atoms with Crippen molar-refractivity contribution in [1.82, 2.24) is 9.62 Å². The van der Waals surface area contributed by atoms with E-state index in [1.54, 1.807) is 12.1 Å². The van der Waals surface area contributed by atoms with Gasteiger partial charge >= 0.3 is 0 Å². The lowest BCUT2D eigenvalue weighted by Gasteiger charge is -2.26. The van der Waals surface area contributed by atoms with E-state index in [0.29, 0.717) is 5.69 Å². The first-order valence-electron chi connectivity index (χ1n) is 9.86. The molecule has 1 heterocycles. The minimum atomic E-state index is -3.63. The van der Waals surface area contributed by atoms with Crippen LogP contribution in [0, 0.1) is 0 Å². The SMILES string of the molecule is O=C(CCNS(=O)(=O)c1ccc(Br)cc1)Nc1ccc(CCN2CCOCC2)cc1. The number of nitrogens with one attached hydrogen (secondary N) is 2. The number of sulfonamides is 1. The molecule has 2 aromatic rings. The normalized spacial score (nSPS) is 15.1. The molecule has 0 radical (unpaired) electrons. The molecule has 1 aliphatic rings. The summed E-state index contributed by atoms with van der Waals surface area (Å²) in [5, 5.41) is 2.80. The number of hydrogen-bond acceptors (Lipinski definition) is 5. The number of nitrogens with zero attached hydrogens (tertiary/aromatic N) is 1. The van der Waals surface area contributed by atoms with Crippen molar-refractivity contribution in [3.63, 3.8) is 0 Å². The highest BCUT2D eigenvalue weighted by atomic mass is 79.9. The minimum absolute atomic E-state index is 0.0296. The number of amides is 1. The van der Waals surface area contributed by atoms with Crippen LogP contribution in [0.3, 0.4) is 0 Å². The fourth-order valence-electron chi connectivity index (χ4n) is 3.09. The molecule has 9 heteroatoms. The maximum absolute atomic E-state index is 12.2. The Morgan fingerprint density at radius 3 is 2.37 bits per heavy atom. The minimum Gasteiger partial charge on any atom is -0.379 e. The number of ether oxygens (including phenoxy) is 1. The summed E-state index contributed by atoms with van der Waals surface area (Å²) in [6.07, 6.45) is 1.00. The Morgan fingerprint density at radius 1 is 1.03 bits per heavy atom. The summed E-state index contributed by atoms with van der Waals surface area (Å²) in [4.78, 5) is 14.7. The molecule has 2 aromatic carbocycles. The van der Waals surface area contributed by atoms with Gasteiger partial charge in [0.05, 0.1) is 18.1 Å². The molecule has 1 fully saturated rings. The van der Waals surface area contributed by atoms with Gasteiger partial charge in [-0.2, -0.15) is 0 Å². The van der Waals surface area contributed by atoms with Gasteiger partial charge < -0.3 is 10.1 Å². The van der Waals surface area contributed by atoms with Crippen molar-refractivity contribution in [3.05, 3.63) is 58.6 Å². The quantitative estimate of drug-likeness (QED) is 0.558. The van der Waals surface area contributed by atoms with Gasteiger partial charge in [-0.25, -0.2) is 13.1 Å². The van der Waals surface area contributed by atoms with Crippen LogP contribution in [-0.2, 0) is 26.0 Å². The van der Waals surface area contributed by atoms with Gasteiger partial charge in [-0.15, -0.1) is 0 Å². The van der Waals surface area contributed by atoms with E-state index in [2.05, 4.69) is 30.9 Å². The zero-order chi connectivity index (χ0) is 21.4. The molecule has 1 aliphatic heterocycles. The van der Waals surface area contributed by atoms with Gasteiger partial charge in [0.1, 0.15) is 0 Å². The standard InChI is InChI=1S/C21H26BrN3O4S/c22-18-3-7-20(8-4-18)30(27,28)23-11-9-21(26)24-19-5-1-17(2-6-19)10-12-25-13-15-29-16-14-25/h1-8,23H,9-16H2,(H,24,26). The largest absolute Gasteiger partial charge is 0.379 e. The lowest BCUT2D eigenvalue weighted by molar-refractivity contribution is -0.116. The summed E-state index contributed by atoms with van der Waals surface area (Å²) in [5.74, 6) is -0.241. The summed E-state index contributed by atoms with van der Waals surface area (Å²) < 4.78 is 33.1. The average Bonchev–Trinajstić information content (AvgIpc) is 2.74. The van der Waals surface area contributed by atoms with E-state index in [4.69, 9.17) is 4.74 Å². The molecule has 1 saturated heterocycles. The summed E-state index contributed by atoms with van der Waals surface area (Å²) >= 11 is 3.27. The van der Waals surface area contributed by atoms with E-state index in [1.165, 1.54) is 17.7 Å². The third-order valence-corrected chi connectivity index (χ3v) is 6.83. The number of halogens is 1. The van der Waals surface area contributed by atoms with Gasteiger partial charge in [-0.05, 0) is 48.4 Å². The number of morpholine rings is 1. The Labute approximate surface area is 186 Å². The smallest absolute Gasteiger partial charge is 0.240 e. The monoisotopic (exact) mass is 495 g/mol. The summed E-state index contributed by atoms with van der Waals surface area (Å²) in [6, 6.07) is 14.1. The van der Waals surface area contributed by atoms with Crippen molar-refractivity contribution in [2.45, 2.75) is 17.7 Å². The van der Waals surface area contributed by atoms with Crippen molar-refractivity contribution < 1.29 is 17.9 Å². The second-order valence-corrected chi connectivity index (χ2v) is 9.73. The van der Waals surface area contributed by atoms with Gasteiger partial charge in [0.25, 0.3) is 0 Å². The molecule has 30 heavy (non-hydrogen) atoms. The first-order chi connectivity index (χ1) is 14.4. The molecule has 0 saturated carbocycles. The fourth-order valence-corrected chi connectivity index (χ4v) is 4.38. The number of carbonyl (C=O) groups excluding carboxylic acids is 1. The number of anilines is 1. The van der Waals surface area contributed by atoms with Crippen LogP contribution in [-0.4, -0.2) is 58.6 Å². The van der Waals surface area contributed by atoms with E-state index < -0.39 is 10.0 Å². The Hall–Kier alpha value is -1.78. The van der Waals surface area contributed by atoms with Gasteiger partial charge in [0, 0.05) is 42.8 Å². The van der Waals surface area contributed by atoms with E-state index >= 15 is 0 Å². The molecular weight excluding hydrogens is 470 g/mol. The van der Waals surface area contributed by atoms with Crippen LogP contribution < -0.4 is 10.0 Å². The molecule has 7 nitrogen and oxygen atoms in total. The van der Waals surface area contributed by atoms with Crippen molar-refractivity contribution in [1.29, 1.82) is 0 Å². The fraction of sp³-hybridized carbons (Fsp3) is 0.381. The van der Waals surface area contributed by atoms with Crippen LogP contribution >= 0.6 is 15.9 Å². The molecule has 2 N–H and O–H groups in total. The molecular formula is C21H26BrN3O4S. The summed E-state index contributed by atoms with van der Waals surface area (Å²) in [6.45, 7) is 4.56. The average molecular weight is 496 g/mol. The van der Waals surface area contributed by atoms with E-state index in [0.717, 1.165) is 43.7 Å². The zero-order valence-electron chi connectivity index (χ0n) is 16.6. The highest BCUT2D eigenvalue weighted by Crippen LogP contribution is 2.15. The number of rotatable bonds is 9. The lowest BCUT2D eigenvalue weighted by Crippen LogP contribution is -2.37. The lowest BCUT2D eigenvalue weighted by atomic mass is 10.1. The van der Waals surface area contributed by atoms with E-state index in [-0.39, 0.29) is 23.8 Å². The molecule has 0 atom stereocenters. The van der Waals surface area contributed by atoms with Crippen LogP contribution in [0.1, 0.15) is 12.0 Å². The predicted octanol–water partition coefficient (Wildman–Crippen LogP) is 2.63. The molecule has 0 unspecified atom stereocenters. The topological polar surface area (TPSA) is 87.7 Å². The maximum Gasteiger partial charge on any atom is 0.240 e. The summed E-state index contributed by atoms with van der Waals surface area (Å²) in [7, 11) is -3.63. The Balaban J connectivity index is 1.40. The Bertz CT molecular complexity index is 928. The molecule has 1 amide bonds. The first-order valence-corrected chi connectivity index (χ1v) is 12.1. The predicted molar refractivity (Wildman–Crippen MR) is 120 cm³/mol. The van der Waals surface area contributed by atoms with Crippen LogP contribution in [0.15, 0.2) is 57.9 Å². The van der Waals surface area contributed by atoms with Gasteiger partial charge in [0.2, 0.25) is 15.9 Å². The number of hydrogen-bond donors (Lipinski definition) is 2. The molecule has 0 aromatic heterocycles. The number of benzene rings is 2. The van der Waals surface area contributed by atoms with Gasteiger partial charge in [-0.3, -0.25) is 9.69 Å². The van der Waals surface area contributed by atoms with Gasteiger partial charge in [-0.1, -0.05) is 28.1 Å². The van der Waals surface area contributed by atoms with Crippen LogP contribution in [0.4, 0.5) is 5.69 Å². The van der Waals surface area contributed by atoms with E-state index in [9.17, 15) is 13.2 Å². The van der Waals surface area contributed by atoms with Crippen LogP contribution in [0.2, 0.25) is 0 Å². The van der Waals surface area contributed by atoms with Crippen molar-refractivity contribution >= 4 is 37.5 Å². The van der Waals surface area contributed by atoms with Crippen LogP contribution in [0.25, 0.3) is 0 Å². The second-order valence-electron chi connectivity index (χ2n) is 7.05. The first kappa shape index (κ1) is 22.9.